The summed E-state index contributed by atoms with van der Waals surface area (Å²) in [5.41, 5.74) is 0. The number of urea groups is 1. The van der Waals surface area contributed by atoms with Crippen molar-refractivity contribution < 1.29 is 27.0 Å². The van der Waals surface area contributed by atoms with Crippen LogP contribution in [0.3, 0.4) is 0 Å². The number of quaternary nitrogens is 1. The summed E-state index contributed by atoms with van der Waals surface area (Å²) >= 11 is 0. The van der Waals surface area contributed by atoms with Crippen molar-refractivity contribution in [2.24, 2.45) is 11.8 Å². The molecule has 2 rings (SSSR count). The Kier molecular flexibility index (Phi) is 10.5. The molecule has 32 heavy (non-hydrogen) atoms. The maximum Gasteiger partial charge on any atom is 0.315 e. The van der Waals surface area contributed by atoms with Gasteiger partial charge in [0.15, 0.2) is 0 Å². The van der Waals surface area contributed by atoms with E-state index in [-0.39, 0.29) is 23.9 Å². The minimum atomic E-state index is -3.92. The Morgan fingerprint density at radius 2 is 1.66 bits per heavy atom. The first-order valence-corrected chi connectivity index (χ1v) is 13.5. The molecule has 2 aliphatic carbocycles. The quantitative estimate of drug-likeness (QED) is 0.240. The zero-order valence-electron chi connectivity index (χ0n) is 19.6. The molecule has 2 fully saturated rings. The minimum Gasteiger partial charge on any atom is -0.424 e. The maximum atomic E-state index is 12.2. The maximum absolute atomic E-state index is 12.2. The summed E-state index contributed by atoms with van der Waals surface area (Å²) < 4.78 is 36.1. The van der Waals surface area contributed by atoms with Crippen molar-refractivity contribution in [3.63, 3.8) is 0 Å². The molecule has 2 saturated carbocycles. The van der Waals surface area contributed by atoms with E-state index in [0.29, 0.717) is 30.5 Å². The number of hydrogen-bond donors (Lipinski definition) is 3. The van der Waals surface area contributed by atoms with Crippen molar-refractivity contribution in [1.29, 1.82) is 5.26 Å². The minimum absolute atomic E-state index is 0.121. The second-order valence-electron chi connectivity index (χ2n) is 10.2. The molecule has 0 aromatic carbocycles. The molecule has 0 spiro atoms. The van der Waals surface area contributed by atoms with Crippen LogP contribution in [0.1, 0.15) is 64.2 Å². The lowest BCUT2D eigenvalue weighted by Crippen LogP contribution is -2.49. The number of nitrogens with one attached hydrogen (secondary N) is 2. The molecule has 0 bridgehead atoms. The fraction of sp³-hybridized carbons (Fsp3) is 0.909. The SMILES string of the molecule is C[N+](C)(CCCS(=O)(=O)O)CCNC(=O)NC1CCC(CC2CCC(OC#N)CC2)CC1. The normalized spacial score (nSPS) is 26.7. The van der Waals surface area contributed by atoms with Crippen molar-refractivity contribution in [3.8, 4) is 6.26 Å². The van der Waals surface area contributed by atoms with Crippen molar-refractivity contribution in [3.05, 3.63) is 0 Å². The van der Waals surface area contributed by atoms with Crippen molar-refractivity contribution in [1.82, 2.24) is 10.6 Å². The summed E-state index contributed by atoms with van der Waals surface area (Å²) in [6.07, 6.45) is 12.2. The van der Waals surface area contributed by atoms with Crippen LogP contribution in [0.25, 0.3) is 0 Å². The number of ether oxygens (including phenoxy) is 1. The molecule has 184 valence electrons. The van der Waals surface area contributed by atoms with Crippen LogP contribution in [-0.2, 0) is 14.9 Å². The molecule has 0 aromatic heterocycles. The third-order valence-electron chi connectivity index (χ3n) is 7.03. The number of likely N-dealkylation sites (N-methyl/N-ethyl adjacent to an activating group) is 1. The molecule has 9 nitrogen and oxygen atoms in total. The van der Waals surface area contributed by atoms with Gasteiger partial charge >= 0.3 is 6.03 Å². The average Bonchev–Trinajstić information content (AvgIpc) is 2.70. The first kappa shape index (κ1) is 26.7. The van der Waals surface area contributed by atoms with E-state index in [0.717, 1.165) is 63.2 Å². The standard InChI is InChI=1S/C22H40N4O5S/c1-26(2,13-3-15-32(28,29)30)14-12-24-22(27)25-20-8-4-18(5-9-20)16-19-6-10-21(11-7-19)31-17-23/h18-21H,3-16H2,1-2H3,(H2-,24,25,27,28,29,30)/p+1. The van der Waals surface area contributed by atoms with Gasteiger partial charge in [-0.15, -0.1) is 0 Å². The van der Waals surface area contributed by atoms with Crippen LogP contribution >= 0.6 is 0 Å². The van der Waals surface area contributed by atoms with E-state index in [9.17, 15) is 13.2 Å². The van der Waals surface area contributed by atoms with Gasteiger partial charge in [-0.05, 0) is 69.6 Å². The highest BCUT2D eigenvalue weighted by Crippen LogP contribution is 2.36. The summed E-state index contributed by atoms with van der Waals surface area (Å²) in [5.74, 6) is 1.24. The highest BCUT2D eigenvalue weighted by molar-refractivity contribution is 7.85. The van der Waals surface area contributed by atoms with Gasteiger partial charge in [0.2, 0.25) is 0 Å². The Morgan fingerprint density at radius 3 is 2.22 bits per heavy atom. The fourth-order valence-corrected chi connectivity index (χ4v) is 5.56. The van der Waals surface area contributed by atoms with Gasteiger partial charge in [-0.2, -0.15) is 13.7 Å². The molecule has 0 atom stereocenters. The molecule has 0 saturated heterocycles. The summed E-state index contributed by atoms with van der Waals surface area (Å²) in [4.78, 5) is 12.2. The third kappa shape index (κ3) is 10.8. The van der Waals surface area contributed by atoms with E-state index in [1.807, 2.05) is 20.4 Å². The van der Waals surface area contributed by atoms with Gasteiger partial charge in [0.05, 0.1) is 39.5 Å². The molecule has 0 heterocycles. The van der Waals surface area contributed by atoms with Gasteiger partial charge in [0.25, 0.3) is 16.4 Å². The molecule has 0 aliphatic heterocycles. The lowest BCUT2D eigenvalue weighted by molar-refractivity contribution is -0.889. The molecule has 10 heteroatoms. The average molecular weight is 474 g/mol. The zero-order valence-corrected chi connectivity index (χ0v) is 20.4. The van der Waals surface area contributed by atoms with Crippen molar-refractivity contribution >= 4 is 16.1 Å². The second-order valence-corrected chi connectivity index (χ2v) is 11.8. The fourth-order valence-electron chi connectivity index (χ4n) is 5.07. The summed E-state index contributed by atoms with van der Waals surface area (Å²) in [5, 5.41) is 14.6. The van der Waals surface area contributed by atoms with E-state index in [4.69, 9.17) is 14.6 Å². The van der Waals surface area contributed by atoms with E-state index in [1.165, 1.54) is 6.42 Å². The number of carbonyl (C=O) groups excluding carboxylic acids is 1. The number of amides is 2. The van der Waals surface area contributed by atoms with Crippen LogP contribution in [0.15, 0.2) is 0 Å². The van der Waals surface area contributed by atoms with Crippen LogP contribution in [0.2, 0.25) is 0 Å². The van der Waals surface area contributed by atoms with Gasteiger partial charge in [0.1, 0.15) is 6.10 Å². The van der Waals surface area contributed by atoms with Crippen LogP contribution in [0.5, 0.6) is 0 Å². The molecular formula is C22H41N4O5S+. The summed E-state index contributed by atoms with van der Waals surface area (Å²) in [6, 6.07) is 0.0884. The van der Waals surface area contributed by atoms with Crippen LogP contribution in [-0.4, -0.2) is 75.1 Å². The predicted molar refractivity (Wildman–Crippen MR) is 122 cm³/mol. The molecule has 2 aliphatic rings. The van der Waals surface area contributed by atoms with E-state index >= 15 is 0 Å². The summed E-state index contributed by atoms with van der Waals surface area (Å²) in [6.45, 7) is 1.81. The third-order valence-corrected chi connectivity index (χ3v) is 7.83. The molecule has 2 amide bonds. The summed E-state index contributed by atoms with van der Waals surface area (Å²) in [7, 11) is 0.0407. The molecule has 0 unspecified atom stereocenters. The Bertz CT molecular complexity index is 721. The van der Waals surface area contributed by atoms with Crippen molar-refractivity contribution in [2.75, 3.05) is 39.5 Å². The van der Waals surface area contributed by atoms with Gasteiger partial charge in [-0.3, -0.25) is 4.55 Å². The van der Waals surface area contributed by atoms with E-state index in [1.54, 1.807) is 0 Å². The number of rotatable bonds is 11. The van der Waals surface area contributed by atoms with Crippen molar-refractivity contribution in [2.45, 2.75) is 76.4 Å². The lowest BCUT2D eigenvalue weighted by Gasteiger charge is -2.34. The van der Waals surface area contributed by atoms with Gasteiger partial charge < -0.3 is 19.9 Å². The largest absolute Gasteiger partial charge is 0.424 e. The predicted octanol–water partition coefficient (Wildman–Crippen LogP) is 2.65. The van der Waals surface area contributed by atoms with Gasteiger partial charge in [-0.25, -0.2) is 4.79 Å². The van der Waals surface area contributed by atoms with E-state index < -0.39 is 10.1 Å². The molecular weight excluding hydrogens is 432 g/mol. The highest BCUT2D eigenvalue weighted by atomic mass is 32.2. The zero-order chi connectivity index (χ0) is 23.6. The number of nitriles is 1. The smallest absolute Gasteiger partial charge is 0.315 e. The molecule has 0 radical (unpaired) electrons. The van der Waals surface area contributed by atoms with Gasteiger partial charge in [-0.1, -0.05) is 0 Å². The molecule has 3 N–H and O–H groups in total. The highest BCUT2D eigenvalue weighted by Gasteiger charge is 2.28. The van der Waals surface area contributed by atoms with Crippen LogP contribution in [0, 0.1) is 23.4 Å². The number of hydrogen-bond acceptors (Lipinski definition) is 5. The number of nitrogens with zero attached hydrogens (tertiary/aromatic N) is 2. The Morgan fingerprint density at radius 1 is 1.06 bits per heavy atom. The van der Waals surface area contributed by atoms with Crippen LogP contribution in [0.4, 0.5) is 4.79 Å². The molecule has 0 aromatic rings. The topological polar surface area (TPSA) is 129 Å². The monoisotopic (exact) mass is 473 g/mol. The number of carbonyl (C=O) groups is 1. The Hall–Kier alpha value is -1.57. The lowest BCUT2D eigenvalue weighted by atomic mass is 9.76. The van der Waals surface area contributed by atoms with E-state index in [2.05, 4.69) is 10.6 Å². The Balaban J connectivity index is 1.56. The Labute approximate surface area is 193 Å². The van der Waals surface area contributed by atoms with Crippen LogP contribution < -0.4 is 10.6 Å². The first-order valence-electron chi connectivity index (χ1n) is 11.9. The first-order chi connectivity index (χ1) is 15.1. The second kappa shape index (κ2) is 12.6. The van der Waals surface area contributed by atoms with Gasteiger partial charge in [0, 0.05) is 12.5 Å².